The third-order valence-corrected chi connectivity index (χ3v) is 5.21. The molecule has 0 aromatic heterocycles. The molecular weight excluding hydrogens is 522 g/mol. The molecule has 7 nitrogen and oxygen atoms in total. The van der Waals surface area contributed by atoms with Gasteiger partial charge in [-0.2, -0.15) is 18.4 Å². The molecule has 3 aromatic carbocycles. The number of aryl methyl sites for hydroxylation is 1. The van der Waals surface area contributed by atoms with Gasteiger partial charge in [0.1, 0.15) is 11.6 Å². The number of nitriles is 1. The van der Waals surface area contributed by atoms with Crippen molar-refractivity contribution in [1.29, 1.82) is 5.26 Å². The Bertz CT molecular complexity index is 1420. The Morgan fingerprint density at radius 1 is 1.14 bits per heavy atom. The van der Waals surface area contributed by atoms with Crippen LogP contribution in [-0.4, -0.2) is 10.8 Å². The van der Waals surface area contributed by atoms with E-state index in [1.165, 1.54) is 12.1 Å². The molecule has 0 saturated heterocycles. The molecule has 1 N–H and O–H groups in total. The van der Waals surface area contributed by atoms with E-state index in [0.717, 1.165) is 17.7 Å². The highest BCUT2D eigenvalue weighted by atomic mass is 35.5. The molecule has 0 aliphatic carbocycles. The summed E-state index contributed by atoms with van der Waals surface area (Å²) < 4.78 is 44.6. The molecule has 0 saturated carbocycles. The Balaban J connectivity index is 2.04. The minimum absolute atomic E-state index is 0.0164. The monoisotopic (exact) mass is 535 g/mol. The van der Waals surface area contributed by atoms with Gasteiger partial charge in [-0.25, -0.2) is 0 Å². The summed E-state index contributed by atoms with van der Waals surface area (Å²) in [5.41, 5.74) is -1.24. The number of carbonyl (C=O) groups is 1. The molecule has 0 atom stereocenters. The summed E-state index contributed by atoms with van der Waals surface area (Å²) >= 11 is 12.2. The normalized spacial score (nSPS) is 11.5. The zero-order chi connectivity index (χ0) is 26.6. The molecule has 3 rings (SSSR count). The van der Waals surface area contributed by atoms with Crippen molar-refractivity contribution in [3.63, 3.8) is 0 Å². The zero-order valence-corrected chi connectivity index (χ0v) is 19.7. The minimum atomic E-state index is -4.82. The topological polar surface area (TPSA) is 105 Å². The van der Waals surface area contributed by atoms with Gasteiger partial charge in [0.2, 0.25) is 5.75 Å². The summed E-state index contributed by atoms with van der Waals surface area (Å²) in [6.45, 7) is 1.86. The second-order valence-corrected chi connectivity index (χ2v) is 8.18. The number of ether oxygens (including phenoxy) is 1. The SMILES string of the molecule is Cc1ccc(NC(=O)/C(C#N)=C/c2cc(Cl)cc(Cl)c2Oc2ccc(C(F)(F)F)cc2[N+](=O)[O-])cc1. The van der Waals surface area contributed by atoms with Gasteiger partial charge in [0, 0.05) is 22.3 Å². The fourth-order valence-electron chi connectivity index (χ4n) is 2.97. The van der Waals surface area contributed by atoms with Gasteiger partial charge in [0.15, 0.2) is 5.75 Å². The summed E-state index contributed by atoms with van der Waals surface area (Å²) in [5.74, 6) is -1.58. The first-order chi connectivity index (χ1) is 16.9. The minimum Gasteiger partial charge on any atom is -0.448 e. The average molecular weight is 536 g/mol. The Labute approximate surface area is 212 Å². The Morgan fingerprint density at radius 2 is 1.81 bits per heavy atom. The molecule has 0 aliphatic rings. The summed E-state index contributed by atoms with van der Waals surface area (Å²) in [6, 6.07) is 12.7. The molecule has 0 fully saturated rings. The Kier molecular flexibility index (Phi) is 7.87. The van der Waals surface area contributed by atoms with Crippen LogP contribution in [0.15, 0.2) is 60.2 Å². The smallest absolute Gasteiger partial charge is 0.416 e. The molecule has 3 aromatic rings. The van der Waals surface area contributed by atoms with Gasteiger partial charge >= 0.3 is 11.9 Å². The van der Waals surface area contributed by atoms with Crippen LogP contribution in [-0.2, 0) is 11.0 Å². The second-order valence-electron chi connectivity index (χ2n) is 7.34. The van der Waals surface area contributed by atoms with Crippen LogP contribution in [0.3, 0.4) is 0 Å². The number of hydrogen-bond donors (Lipinski definition) is 1. The average Bonchev–Trinajstić information content (AvgIpc) is 2.80. The predicted molar refractivity (Wildman–Crippen MR) is 128 cm³/mol. The number of benzene rings is 3. The molecule has 0 unspecified atom stereocenters. The van der Waals surface area contributed by atoms with Crippen LogP contribution >= 0.6 is 23.2 Å². The van der Waals surface area contributed by atoms with Gasteiger partial charge in [0.05, 0.1) is 15.5 Å². The Hall–Kier alpha value is -4.07. The number of alkyl halides is 3. The van der Waals surface area contributed by atoms with Crippen molar-refractivity contribution in [1.82, 2.24) is 0 Å². The first-order valence-electron chi connectivity index (χ1n) is 9.91. The van der Waals surface area contributed by atoms with E-state index in [4.69, 9.17) is 27.9 Å². The highest BCUT2D eigenvalue weighted by Crippen LogP contribution is 2.42. The molecule has 0 heterocycles. The molecule has 36 heavy (non-hydrogen) atoms. The fourth-order valence-corrected chi connectivity index (χ4v) is 3.51. The summed E-state index contributed by atoms with van der Waals surface area (Å²) in [4.78, 5) is 23.0. The van der Waals surface area contributed by atoms with Gasteiger partial charge in [-0.1, -0.05) is 40.9 Å². The summed E-state index contributed by atoms with van der Waals surface area (Å²) in [7, 11) is 0. The number of amides is 1. The zero-order valence-electron chi connectivity index (χ0n) is 18.2. The van der Waals surface area contributed by atoms with Gasteiger partial charge in [-0.05, 0) is 49.4 Å². The van der Waals surface area contributed by atoms with Crippen LogP contribution < -0.4 is 10.1 Å². The van der Waals surface area contributed by atoms with Gasteiger partial charge in [-0.3, -0.25) is 14.9 Å². The molecule has 0 spiro atoms. The summed E-state index contributed by atoms with van der Waals surface area (Å²) in [5, 5.41) is 23.4. The van der Waals surface area contributed by atoms with Crippen molar-refractivity contribution in [2.24, 2.45) is 0 Å². The van der Waals surface area contributed by atoms with E-state index in [1.807, 2.05) is 6.92 Å². The van der Waals surface area contributed by atoms with Crippen molar-refractivity contribution >= 4 is 46.6 Å². The molecule has 1 amide bonds. The first kappa shape index (κ1) is 26.5. The number of nitro benzene ring substituents is 1. The number of halogens is 5. The van der Waals surface area contributed by atoms with E-state index < -0.39 is 34.0 Å². The number of hydrogen-bond acceptors (Lipinski definition) is 5. The third-order valence-electron chi connectivity index (χ3n) is 4.71. The van der Waals surface area contributed by atoms with E-state index >= 15 is 0 Å². The van der Waals surface area contributed by atoms with E-state index in [-0.39, 0.29) is 26.9 Å². The quantitative estimate of drug-likeness (QED) is 0.151. The maximum Gasteiger partial charge on any atom is 0.416 e. The molecule has 0 aliphatic heterocycles. The highest BCUT2D eigenvalue weighted by molar-refractivity contribution is 6.36. The number of nitrogens with one attached hydrogen (secondary N) is 1. The van der Waals surface area contributed by atoms with E-state index in [9.17, 15) is 33.3 Å². The predicted octanol–water partition coefficient (Wildman–Crippen LogP) is 7.57. The van der Waals surface area contributed by atoms with Crippen molar-refractivity contribution < 1.29 is 27.6 Å². The fraction of sp³-hybridized carbons (Fsp3) is 0.0833. The maximum absolute atomic E-state index is 13.0. The number of nitrogens with zero attached hydrogens (tertiary/aromatic N) is 2. The number of rotatable bonds is 6. The van der Waals surface area contributed by atoms with Crippen LogP contribution in [0.4, 0.5) is 24.5 Å². The molecule has 12 heteroatoms. The van der Waals surface area contributed by atoms with Crippen LogP contribution in [0.2, 0.25) is 10.0 Å². The van der Waals surface area contributed by atoms with Crippen molar-refractivity contribution in [3.8, 4) is 17.6 Å². The second kappa shape index (κ2) is 10.7. The van der Waals surface area contributed by atoms with Crippen LogP contribution in [0.25, 0.3) is 6.08 Å². The largest absolute Gasteiger partial charge is 0.448 e. The standard InChI is InChI=1S/C24H14Cl2F3N3O4/c1-13-2-5-18(6-3-13)31-23(33)15(12-30)8-14-9-17(25)11-19(26)22(14)36-21-7-4-16(24(27,28)29)10-20(21)32(34)35/h2-11H,1H3,(H,31,33)/b15-8+. The summed E-state index contributed by atoms with van der Waals surface area (Å²) in [6.07, 6.45) is -3.73. The van der Waals surface area contributed by atoms with Crippen LogP contribution in [0.5, 0.6) is 11.5 Å². The lowest BCUT2D eigenvalue weighted by Gasteiger charge is -2.13. The maximum atomic E-state index is 13.0. The van der Waals surface area contributed by atoms with Crippen LogP contribution in [0, 0.1) is 28.4 Å². The lowest BCUT2D eigenvalue weighted by atomic mass is 10.1. The van der Waals surface area contributed by atoms with E-state index in [0.29, 0.717) is 17.8 Å². The van der Waals surface area contributed by atoms with Crippen molar-refractivity contribution in [2.45, 2.75) is 13.1 Å². The highest BCUT2D eigenvalue weighted by Gasteiger charge is 2.33. The van der Waals surface area contributed by atoms with Gasteiger partial charge in [-0.15, -0.1) is 0 Å². The van der Waals surface area contributed by atoms with Crippen molar-refractivity contribution in [3.05, 3.63) is 97.0 Å². The number of anilines is 1. The molecular formula is C24H14Cl2F3N3O4. The van der Waals surface area contributed by atoms with E-state index in [1.54, 1.807) is 30.3 Å². The van der Waals surface area contributed by atoms with Gasteiger partial charge < -0.3 is 10.1 Å². The number of carbonyl (C=O) groups excluding carboxylic acids is 1. The first-order valence-corrected chi connectivity index (χ1v) is 10.7. The molecule has 0 bridgehead atoms. The van der Waals surface area contributed by atoms with Gasteiger partial charge in [0.25, 0.3) is 5.91 Å². The van der Waals surface area contributed by atoms with E-state index in [2.05, 4.69) is 5.32 Å². The molecule has 0 radical (unpaired) electrons. The third kappa shape index (κ3) is 6.33. The number of nitro groups is 1. The Morgan fingerprint density at radius 3 is 2.39 bits per heavy atom. The lowest BCUT2D eigenvalue weighted by Crippen LogP contribution is -2.13. The van der Waals surface area contributed by atoms with Crippen LogP contribution in [0.1, 0.15) is 16.7 Å². The lowest BCUT2D eigenvalue weighted by molar-refractivity contribution is -0.385. The van der Waals surface area contributed by atoms with Crippen molar-refractivity contribution in [2.75, 3.05) is 5.32 Å². The molecule has 184 valence electrons.